The van der Waals surface area contributed by atoms with E-state index >= 15 is 0 Å². The molecule has 0 aliphatic heterocycles. The lowest BCUT2D eigenvalue weighted by molar-refractivity contribution is 0.100. The number of nitrogens with zero attached hydrogens (tertiary/aromatic N) is 1. The lowest BCUT2D eigenvalue weighted by Gasteiger charge is -2.31. The predicted molar refractivity (Wildman–Crippen MR) is 144 cm³/mol. The van der Waals surface area contributed by atoms with Gasteiger partial charge in [0.2, 0.25) is 0 Å². The van der Waals surface area contributed by atoms with Crippen molar-refractivity contribution in [3.05, 3.63) is 82.9 Å². The van der Waals surface area contributed by atoms with Crippen LogP contribution in [0.2, 0.25) is 0 Å². The number of phenolic OH excluding ortho intramolecular Hbond substituents is 1. The number of anilines is 1. The summed E-state index contributed by atoms with van der Waals surface area (Å²) in [7, 11) is -2.83. The molecule has 0 aliphatic rings. The summed E-state index contributed by atoms with van der Waals surface area (Å²) in [5, 5.41) is 11.2. The zero-order chi connectivity index (χ0) is 27.1. The van der Waals surface area contributed by atoms with Gasteiger partial charge in [-0.2, -0.15) is 4.31 Å². The molecule has 0 bridgehead atoms. The largest absolute Gasteiger partial charge is 0.507 e. The molecule has 0 heterocycles. The number of sulfonamides is 1. The van der Waals surface area contributed by atoms with Crippen molar-refractivity contribution in [2.75, 3.05) is 11.4 Å². The first kappa shape index (κ1) is 27.3. The highest BCUT2D eigenvalue weighted by molar-refractivity contribution is 7.93. The van der Waals surface area contributed by atoms with Crippen LogP contribution in [0, 0.1) is 6.92 Å². The number of amides is 1. The molecule has 0 radical (unpaired) electrons. The third kappa shape index (κ3) is 5.41. The van der Waals surface area contributed by atoms with Crippen molar-refractivity contribution in [1.29, 1.82) is 0 Å². The van der Waals surface area contributed by atoms with Crippen LogP contribution in [0.15, 0.2) is 65.6 Å². The molecule has 0 unspecified atom stereocenters. The SMILES string of the molecule is COc1ccc(S(=O)(=O)N(C(=O)c2ccc(C)cc2)c2cc(C(C)(C)C)c(O)c(C(C)(C)C)c2)cc1. The first-order valence-corrected chi connectivity index (χ1v) is 13.2. The van der Waals surface area contributed by atoms with Gasteiger partial charge in [-0.15, -0.1) is 0 Å². The normalized spacial score (nSPS) is 12.3. The summed E-state index contributed by atoms with van der Waals surface area (Å²) in [6, 6.07) is 15.9. The number of benzene rings is 3. The van der Waals surface area contributed by atoms with E-state index in [1.807, 2.05) is 48.5 Å². The zero-order valence-electron chi connectivity index (χ0n) is 22.2. The van der Waals surface area contributed by atoms with Crippen LogP contribution in [-0.4, -0.2) is 26.5 Å². The lowest BCUT2D eigenvalue weighted by Crippen LogP contribution is -2.37. The molecule has 3 rings (SSSR count). The topological polar surface area (TPSA) is 83.9 Å². The minimum Gasteiger partial charge on any atom is -0.507 e. The highest BCUT2D eigenvalue weighted by atomic mass is 32.2. The number of hydrogen-bond acceptors (Lipinski definition) is 5. The van der Waals surface area contributed by atoms with Gasteiger partial charge in [0.25, 0.3) is 15.9 Å². The summed E-state index contributed by atoms with van der Waals surface area (Å²) in [4.78, 5) is 13.8. The quantitative estimate of drug-likeness (QED) is 0.434. The summed E-state index contributed by atoms with van der Waals surface area (Å²) >= 11 is 0. The number of aryl methyl sites for hydroxylation is 1. The highest BCUT2D eigenvalue weighted by Gasteiger charge is 2.35. The van der Waals surface area contributed by atoms with Crippen molar-refractivity contribution in [3.63, 3.8) is 0 Å². The van der Waals surface area contributed by atoms with Gasteiger partial charge >= 0.3 is 0 Å². The molecular weight excluding hydrogens is 474 g/mol. The van der Waals surface area contributed by atoms with Crippen molar-refractivity contribution >= 4 is 21.6 Å². The molecule has 0 atom stereocenters. The molecule has 0 saturated carbocycles. The molecule has 0 saturated heterocycles. The molecule has 0 aliphatic carbocycles. The molecule has 36 heavy (non-hydrogen) atoms. The highest BCUT2D eigenvalue weighted by Crippen LogP contribution is 2.43. The summed E-state index contributed by atoms with van der Waals surface area (Å²) < 4.78 is 34.1. The number of rotatable bonds is 5. The molecule has 0 spiro atoms. The number of ether oxygens (including phenoxy) is 1. The van der Waals surface area contributed by atoms with Gasteiger partial charge in [-0.25, -0.2) is 8.42 Å². The number of aromatic hydroxyl groups is 1. The minimum absolute atomic E-state index is 0.0496. The lowest BCUT2D eigenvalue weighted by atomic mass is 9.79. The number of carbonyl (C=O) groups is 1. The van der Waals surface area contributed by atoms with Crippen molar-refractivity contribution in [2.24, 2.45) is 0 Å². The van der Waals surface area contributed by atoms with Crippen molar-refractivity contribution in [1.82, 2.24) is 0 Å². The molecule has 0 fully saturated rings. The van der Waals surface area contributed by atoms with Crippen molar-refractivity contribution in [3.8, 4) is 11.5 Å². The molecule has 3 aromatic rings. The van der Waals surface area contributed by atoms with Gasteiger partial charge < -0.3 is 9.84 Å². The average molecular weight is 510 g/mol. The number of phenols is 1. The van der Waals surface area contributed by atoms with Crippen molar-refractivity contribution < 1.29 is 23.1 Å². The smallest absolute Gasteiger partial charge is 0.272 e. The summed E-state index contributed by atoms with van der Waals surface area (Å²) in [6.07, 6.45) is 0. The Labute approximate surface area is 214 Å². The molecule has 0 aromatic heterocycles. The first-order valence-electron chi connectivity index (χ1n) is 11.8. The molecular formula is C29H35NO5S. The van der Waals surface area contributed by atoms with Gasteiger partial charge in [-0.05, 0) is 66.3 Å². The Morgan fingerprint density at radius 3 is 1.72 bits per heavy atom. The maximum Gasteiger partial charge on any atom is 0.272 e. The second-order valence-electron chi connectivity index (χ2n) is 11.0. The van der Waals surface area contributed by atoms with E-state index in [4.69, 9.17) is 4.74 Å². The van der Waals surface area contributed by atoms with Gasteiger partial charge in [0.15, 0.2) is 0 Å². The van der Waals surface area contributed by atoms with Crippen LogP contribution < -0.4 is 9.04 Å². The Morgan fingerprint density at radius 1 is 0.833 bits per heavy atom. The maximum absolute atomic E-state index is 14.0. The van der Waals surface area contributed by atoms with E-state index in [1.165, 1.54) is 19.2 Å². The first-order chi connectivity index (χ1) is 16.6. The second kappa shape index (κ2) is 9.62. The Balaban J connectivity index is 2.36. The standard InChI is InChI=1S/C29H35NO5S/c1-19-9-11-20(12-10-19)27(32)30(36(33,34)23-15-13-22(35-8)14-16-23)21-17-24(28(2,3)4)26(31)25(18-21)29(5,6)7/h9-18,31H,1-8H3. The van der Waals surface area contributed by atoms with Gasteiger partial charge in [0.1, 0.15) is 11.5 Å². The van der Waals surface area contributed by atoms with E-state index in [2.05, 4.69) is 0 Å². The third-order valence-electron chi connectivity index (χ3n) is 6.03. The Bertz CT molecular complexity index is 1330. The second-order valence-corrected chi connectivity index (χ2v) is 12.8. The summed E-state index contributed by atoms with van der Waals surface area (Å²) in [5.41, 5.74) is 1.44. The van der Waals surface area contributed by atoms with Gasteiger partial charge in [0.05, 0.1) is 17.7 Å². The maximum atomic E-state index is 14.0. The van der Waals surface area contributed by atoms with Crippen LogP contribution in [0.1, 0.15) is 68.6 Å². The zero-order valence-corrected chi connectivity index (χ0v) is 23.0. The molecule has 7 heteroatoms. The van der Waals surface area contributed by atoms with Crippen LogP contribution in [0.5, 0.6) is 11.5 Å². The minimum atomic E-state index is -4.33. The summed E-state index contributed by atoms with van der Waals surface area (Å²) in [5.74, 6) is -0.0837. The van der Waals surface area contributed by atoms with E-state index in [-0.39, 0.29) is 21.9 Å². The van der Waals surface area contributed by atoms with E-state index in [0.29, 0.717) is 16.9 Å². The van der Waals surface area contributed by atoms with Crippen LogP contribution in [-0.2, 0) is 20.9 Å². The predicted octanol–water partition coefficient (Wildman–Crippen LogP) is 6.34. The van der Waals surface area contributed by atoms with Crippen LogP contribution in [0.25, 0.3) is 0 Å². The van der Waals surface area contributed by atoms with E-state index in [1.54, 1.807) is 48.5 Å². The Morgan fingerprint density at radius 2 is 1.31 bits per heavy atom. The molecule has 6 nitrogen and oxygen atoms in total. The fraction of sp³-hybridized carbons (Fsp3) is 0.345. The van der Waals surface area contributed by atoms with E-state index < -0.39 is 26.8 Å². The average Bonchev–Trinajstić information content (AvgIpc) is 2.78. The van der Waals surface area contributed by atoms with Crippen LogP contribution in [0.3, 0.4) is 0 Å². The molecule has 1 N–H and O–H groups in total. The fourth-order valence-corrected chi connectivity index (χ4v) is 5.31. The van der Waals surface area contributed by atoms with Gasteiger partial charge in [-0.3, -0.25) is 4.79 Å². The third-order valence-corrected chi connectivity index (χ3v) is 7.75. The number of carbonyl (C=O) groups excluding carboxylic acids is 1. The summed E-state index contributed by atoms with van der Waals surface area (Å²) in [6.45, 7) is 13.5. The molecule has 1 amide bonds. The van der Waals surface area contributed by atoms with E-state index in [9.17, 15) is 18.3 Å². The Kier molecular flexibility index (Phi) is 7.29. The van der Waals surface area contributed by atoms with Crippen LogP contribution >= 0.6 is 0 Å². The number of hydrogen-bond donors (Lipinski definition) is 1. The monoisotopic (exact) mass is 509 g/mol. The van der Waals surface area contributed by atoms with Crippen molar-refractivity contribution in [2.45, 2.75) is 64.2 Å². The number of methoxy groups -OCH3 is 1. The Hall–Kier alpha value is -3.32. The molecule has 192 valence electrons. The van der Waals surface area contributed by atoms with E-state index in [0.717, 1.165) is 9.87 Å². The molecule has 3 aromatic carbocycles. The van der Waals surface area contributed by atoms with Gasteiger partial charge in [0, 0.05) is 16.7 Å². The van der Waals surface area contributed by atoms with Crippen LogP contribution in [0.4, 0.5) is 5.69 Å². The van der Waals surface area contributed by atoms with Gasteiger partial charge in [-0.1, -0.05) is 59.2 Å². The fourth-order valence-electron chi connectivity index (χ4n) is 3.91.